The number of carbonyl (C=O) groups excluding carboxylic acids is 2. The van der Waals surface area contributed by atoms with E-state index < -0.39 is 24.2 Å². The normalized spacial score (nSPS) is 36.3. The molecular formula is C38H52FN5O4. The lowest BCUT2D eigenvalue weighted by atomic mass is 9.65. The van der Waals surface area contributed by atoms with E-state index in [1.807, 2.05) is 30.6 Å². The van der Waals surface area contributed by atoms with Gasteiger partial charge < -0.3 is 34.9 Å². The van der Waals surface area contributed by atoms with Crippen LogP contribution in [0.25, 0.3) is 10.9 Å². The fraction of sp³-hybridized carbons (Fsp3) is 0.684. The van der Waals surface area contributed by atoms with E-state index in [1.165, 1.54) is 32.1 Å². The van der Waals surface area contributed by atoms with E-state index in [9.17, 15) is 9.59 Å². The molecule has 1 amide bonds. The fourth-order valence-corrected chi connectivity index (χ4v) is 10.4. The highest BCUT2D eigenvalue weighted by Gasteiger charge is 2.59. The molecule has 0 bridgehead atoms. The number of halogens is 1. The molecule has 3 aliphatic heterocycles. The zero-order chi connectivity index (χ0) is 32.9. The number of rotatable bonds is 9. The molecule has 4 heterocycles. The molecule has 10 atom stereocenters. The lowest BCUT2D eigenvalue weighted by Crippen LogP contribution is -2.73. The van der Waals surface area contributed by atoms with Crippen molar-refractivity contribution < 1.29 is 23.5 Å². The van der Waals surface area contributed by atoms with Gasteiger partial charge >= 0.3 is 0 Å². The van der Waals surface area contributed by atoms with Gasteiger partial charge in [-0.15, -0.1) is 0 Å². The molecule has 48 heavy (non-hydrogen) atoms. The third-order valence-corrected chi connectivity index (χ3v) is 12.9. The highest BCUT2D eigenvalue weighted by atomic mass is 19.1. The Kier molecular flexibility index (Phi) is 9.01. The van der Waals surface area contributed by atoms with Gasteiger partial charge in [-0.3, -0.25) is 9.59 Å². The van der Waals surface area contributed by atoms with Crippen LogP contribution >= 0.6 is 0 Å². The van der Waals surface area contributed by atoms with E-state index in [0.29, 0.717) is 31.0 Å². The van der Waals surface area contributed by atoms with Gasteiger partial charge in [0.15, 0.2) is 5.78 Å². The molecule has 2 aromatic rings. The Morgan fingerprint density at radius 3 is 2.73 bits per heavy atom. The van der Waals surface area contributed by atoms with Crippen molar-refractivity contribution >= 4 is 22.6 Å². The van der Waals surface area contributed by atoms with Gasteiger partial charge in [-0.2, -0.15) is 0 Å². The van der Waals surface area contributed by atoms with Gasteiger partial charge in [0.05, 0.1) is 43.0 Å². The van der Waals surface area contributed by atoms with Crippen LogP contribution in [-0.2, 0) is 20.7 Å². The number of hydrogen-bond donors (Lipinski definition) is 3. The molecule has 10 heteroatoms. The lowest BCUT2D eigenvalue weighted by molar-refractivity contribution is -0.208. The van der Waals surface area contributed by atoms with Crippen LogP contribution in [-0.4, -0.2) is 103 Å². The van der Waals surface area contributed by atoms with Gasteiger partial charge in [0.1, 0.15) is 11.9 Å². The number of H-pyrrole nitrogens is 1. The number of nitrogens with one attached hydrogen (secondary N) is 3. The molecular weight excluding hydrogens is 609 g/mol. The van der Waals surface area contributed by atoms with Gasteiger partial charge in [0, 0.05) is 41.8 Å². The predicted octanol–water partition coefficient (Wildman–Crippen LogP) is 4.51. The van der Waals surface area contributed by atoms with E-state index in [-0.39, 0.29) is 41.9 Å². The molecule has 1 aromatic carbocycles. The zero-order valence-corrected chi connectivity index (χ0v) is 28.5. The van der Waals surface area contributed by atoms with E-state index in [2.05, 4.69) is 32.5 Å². The number of fused-ring (bicyclic) bond motifs is 4. The minimum Gasteiger partial charge on any atom is -0.497 e. The van der Waals surface area contributed by atoms with Crippen LogP contribution < -0.4 is 15.4 Å². The predicted molar refractivity (Wildman–Crippen MR) is 182 cm³/mol. The maximum atomic E-state index is 16.4. The Bertz CT molecular complexity index is 1540. The van der Waals surface area contributed by atoms with Crippen molar-refractivity contribution in [2.24, 2.45) is 17.8 Å². The molecule has 3 N–H and O–H groups in total. The number of aromatic nitrogens is 1. The number of aromatic amines is 1. The largest absolute Gasteiger partial charge is 0.497 e. The maximum absolute atomic E-state index is 16.4. The number of Topliss-reactive ketones (excluding diaryl/α,β-unsaturated/α-hetero) is 1. The van der Waals surface area contributed by atoms with Gasteiger partial charge in [-0.05, 0) is 101 Å². The first kappa shape index (κ1) is 32.3. The second-order valence-corrected chi connectivity index (χ2v) is 15.5. The number of benzene rings is 1. The van der Waals surface area contributed by atoms with E-state index in [0.717, 1.165) is 60.9 Å². The van der Waals surface area contributed by atoms with Gasteiger partial charge in [0.25, 0.3) is 5.91 Å². The molecule has 1 aromatic heterocycles. The van der Waals surface area contributed by atoms with Crippen LogP contribution in [0.4, 0.5) is 4.39 Å². The minimum atomic E-state index is -1.26. The summed E-state index contributed by atoms with van der Waals surface area (Å²) >= 11 is 0. The van der Waals surface area contributed by atoms with Crippen LogP contribution in [0.15, 0.2) is 36.2 Å². The summed E-state index contributed by atoms with van der Waals surface area (Å²) in [4.78, 5) is 35.7. The minimum absolute atomic E-state index is 0.0337. The molecule has 3 saturated carbocycles. The van der Waals surface area contributed by atoms with E-state index >= 15 is 4.39 Å². The van der Waals surface area contributed by atoms with Crippen molar-refractivity contribution in [3.8, 4) is 5.75 Å². The number of alkyl halides is 1. The summed E-state index contributed by atoms with van der Waals surface area (Å²) in [5.74, 6) is 0.956. The third kappa shape index (κ3) is 5.85. The zero-order valence-electron chi connectivity index (χ0n) is 28.5. The summed E-state index contributed by atoms with van der Waals surface area (Å²) in [5.41, 5.74) is 2.39. The van der Waals surface area contributed by atoms with Gasteiger partial charge in [-0.25, -0.2) is 4.39 Å². The van der Waals surface area contributed by atoms with Crippen LogP contribution in [0, 0.1) is 17.8 Å². The summed E-state index contributed by atoms with van der Waals surface area (Å²) in [6, 6.07) is 5.76. The topological polar surface area (TPSA) is 98.9 Å². The van der Waals surface area contributed by atoms with Crippen molar-refractivity contribution in [2.75, 3.05) is 33.8 Å². The van der Waals surface area contributed by atoms with Crippen LogP contribution in [0.5, 0.6) is 5.75 Å². The maximum Gasteiger partial charge on any atom is 0.256 e. The molecule has 0 radical (unpaired) electrons. The second kappa shape index (κ2) is 13.4. The Hall–Kier alpha value is -2.95. The summed E-state index contributed by atoms with van der Waals surface area (Å²) < 4.78 is 28.8. The highest BCUT2D eigenvalue weighted by molar-refractivity contribution is 6.20. The quantitative estimate of drug-likeness (QED) is 0.341. The van der Waals surface area contributed by atoms with Crippen molar-refractivity contribution in [1.82, 2.24) is 25.4 Å². The standard InChI is InChI=1S/C38H52FN5O4/c1-43-15-5-8-25(43)12-14-41-38(46)29-21-44-32-16-22-6-3-4-7-23(22)17-33(32)48-37-34(30(39)19-28(35(37)44)36(29)45)40-13-11-24-20-42-31-10-9-26(47-2)18-27(24)31/h9-10,18,20-23,25,28,30,32-35,37,40,42H,3-8,11-17,19H2,1-2H3,(H,41,46). The molecule has 10 unspecified atom stereocenters. The van der Waals surface area contributed by atoms with E-state index in [1.54, 1.807) is 7.11 Å². The monoisotopic (exact) mass is 661 g/mol. The van der Waals surface area contributed by atoms with Gasteiger partial charge in [-0.1, -0.05) is 25.7 Å². The number of hydrogen-bond acceptors (Lipinski definition) is 7. The number of carbonyl (C=O) groups is 2. The molecule has 260 valence electrons. The SMILES string of the molecule is COc1ccc2[nH]cc(CCNC3C(F)CC4C(=O)C(C(=O)NCCC5CCCN5C)=CN5C6CC7CCCCC7CC6OC3C45)c2c1. The lowest BCUT2D eigenvalue weighted by Gasteiger charge is -2.61. The van der Waals surface area contributed by atoms with Crippen molar-refractivity contribution in [3.05, 3.63) is 41.7 Å². The molecule has 8 rings (SSSR count). The smallest absolute Gasteiger partial charge is 0.256 e. The van der Waals surface area contributed by atoms with Crippen LogP contribution in [0.1, 0.15) is 69.8 Å². The number of morpholine rings is 1. The first-order valence-corrected chi connectivity index (χ1v) is 18.6. The summed E-state index contributed by atoms with van der Waals surface area (Å²) in [6.45, 7) is 2.21. The number of ether oxygens (including phenoxy) is 2. The van der Waals surface area contributed by atoms with E-state index in [4.69, 9.17) is 9.47 Å². The number of ketones is 1. The molecule has 6 aliphatic rings. The summed E-state index contributed by atoms with van der Waals surface area (Å²) in [5, 5.41) is 7.74. The highest BCUT2D eigenvalue weighted by Crippen LogP contribution is 2.50. The number of likely N-dealkylation sites (tertiary alicyclic amines) is 1. The average Bonchev–Trinajstić information content (AvgIpc) is 3.70. The molecule has 5 fully saturated rings. The second-order valence-electron chi connectivity index (χ2n) is 15.5. The van der Waals surface area contributed by atoms with Crippen molar-refractivity contribution in [3.63, 3.8) is 0 Å². The van der Waals surface area contributed by atoms with Gasteiger partial charge in [0.2, 0.25) is 0 Å². The molecule has 9 nitrogen and oxygen atoms in total. The Morgan fingerprint density at radius 2 is 1.94 bits per heavy atom. The Morgan fingerprint density at radius 1 is 1.10 bits per heavy atom. The first-order valence-electron chi connectivity index (χ1n) is 18.6. The molecule has 2 saturated heterocycles. The Labute approximate surface area is 283 Å². The number of methoxy groups -OCH3 is 1. The Balaban J connectivity index is 1.03. The van der Waals surface area contributed by atoms with Crippen LogP contribution in [0.3, 0.4) is 0 Å². The number of nitrogens with zero attached hydrogens (tertiary/aromatic N) is 2. The number of amides is 1. The first-order chi connectivity index (χ1) is 23.4. The third-order valence-electron chi connectivity index (χ3n) is 12.9. The summed E-state index contributed by atoms with van der Waals surface area (Å²) in [7, 11) is 3.81. The molecule has 3 aliphatic carbocycles. The molecule has 0 spiro atoms. The fourth-order valence-electron chi connectivity index (χ4n) is 10.4. The van der Waals surface area contributed by atoms with Crippen molar-refractivity contribution in [2.45, 2.75) is 113 Å². The van der Waals surface area contributed by atoms with Crippen molar-refractivity contribution in [1.29, 1.82) is 0 Å². The summed E-state index contributed by atoms with van der Waals surface area (Å²) in [6.07, 6.45) is 13.1. The average molecular weight is 662 g/mol. The van der Waals surface area contributed by atoms with Crippen LogP contribution in [0.2, 0.25) is 0 Å².